The number of aryl methyl sites for hydroxylation is 1. The standard InChI is InChI=1S/C22H23ClN4OS/c1-15-8-10-16(11-9-15)13-24-21(28)22-26-25-20(29-22)14-27-12-4-7-19(27)17-5-2-3-6-18(17)23/h2-3,5-6,8-11,19H,4,7,12-14H2,1H3,(H,24,28). The number of aromatic nitrogens is 2. The highest BCUT2D eigenvalue weighted by Gasteiger charge is 2.28. The summed E-state index contributed by atoms with van der Waals surface area (Å²) in [7, 11) is 0. The second-order valence-corrected chi connectivity index (χ2v) is 8.79. The van der Waals surface area contributed by atoms with E-state index in [9.17, 15) is 4.79 Å². The number of benzene rings is 2. The summed E-state index contributed by atoms with van der Waals surface area (Å²) in [6, 6.07) is 16.4. The number of hydrogen-bond acceptors (Lipinski definition) is 5. The molecule has 2 heterocycles. The third-order valence-electron chi connectivity index (χ3n) is 5.20. The van der Waals surface area contributed by atoms with Gasteiger partial charge < -0.3 is 5.32 Å². The molecule has 7 heteroatoms. The molecule has 1 aromatic heterocycles. The molecule has 2 aromatic carbocycles. The van der Waals surface area contributed by atoms with Crippen LogP contribution in [0.2, 0.25) is 5.02 Å². The van der Waals surface area contributed by atoms with E-state index in [1.165, 1.54) is 16.9 Å². The molecule has 5 nitrogen and oxygen atoms in total. The fourth-order valence-electron chi connectivity index (χ4n) is 3.66. The number of amides is 1. The van der Waals surface area contributed by atoms with Crippen LogP contribution < -0.4 is 5.32 Å². The molecule has 0 saturated carbocycles. The van der Waals surface area contributed by atoms with Crippen molar-refractivity contribution in [3.05, 3.63) is 80.3 Å². The van der Waals surface area contributed by atoms with Crippen LogP contribution in [0.4, 0.5) is 0 Å². The van der Waals surface area contributed by atoms with E-state index in [0.29, 0.717) is 18.1 Å². The van der Waals surface area contributed by atoms with Gasteiger partial charge in [0.2, 0.25) is 5.01 Å². The van der Waals surface area contributed by atoms with Gasteiger partial charge in [0.15, 0.2) is 0 Å². The molecule has 0 radical (unpaired) electrons. The van der Waals surface area contributed by atoms with E-state index in [1.807, 2.05) is 49.4 Å². The Morgan fingerprint density at radius 3 is 2.79 bits per heavy atom. The van der Waals surface area contributed by atoms with Gasteiger partial charge >= 0.3 is 0 Å². The topological polar surface area (TPSA) is 58.1 Å². The van der Waals surface area contributed by atoms with Crippen LogP contribution in [0, 0.1) is 6.92 Å². The van der Waals surface area contributed by atoms with Crippen molar-refractivity contribution in [3.63, 3.8) is 0 Å². The van der Waals surface area contributed by atoms with Gasteiger partial charge in [-0.05, 0) is 43.5 Å². The number of nitrogens with one attached hydrogen (secondary N) is 1. The van der Waals surface area contributed by atoms with Crippen molar-refractivity contribution in [1.29, 1.82) is 0 Å². The lowest BCUT2D eigenvalue weighted by atomic mass is 10.0. The Labute approximate surface area is 179 Å². The van der Waals surface area contributed by atoms with Gasteiger partial charge in [-0.25, -0.2) is 0 Å². The minimum atomic E-state index is -0.182. The van der Waals surface area contributed by atoms with Gasteiger partial charge in [-0.3, -0.25) is 9.69 Å². The van der Waals surface area contributed by atoms with Crippen LogP contribution in [0.5, 0.6) is 0 Å². The fraction of sp³-hybridized carbons (Fsp3) is 0.318. The highest BCUT2D eigenvalue weighted by Crippen LogP contribution is 2.36. The highest BCUT2D eigenvalue weighted by atomic mass is 35.5. The minimum Gasteiger partial charge on any atom is -0.346 e. The van der Waals surface area contributed by atoms with Crippen LogP contribution >= 0.6 is 22.9 Å². The molecule has 1 amide bonds. The van der Waals surface area contributed by atoms with Crippen LogP contribution in [0.15, 0.2) is 48.5 Å². The zero-order valence-electron chi connectivity index (χ0n) is 16.3. The van der Waals surface area contributed by atoms with E-state index in [1.54, 1.807) is 0 Å². The van der Waals surface area contributed by atoms with Gasteiger partial charge in [0, 0.05) is 17.6 Å². The first-order valence-corrected chi connectivity index (χ1v) is 10.9. The number of nitrogens with zero attached hydrogens (tertiary/aromatic N) is 3. The van der Waals surface area contributed by atoms with Crippen LogP contribution in [-0.2, 0) is 13.1 Å². The van der Waals surface area contributed by atoms with Crippen molar-refractivity contribution in [2.24, 2.45) is 0 Å². The van der Waals surface area contributed by atoms with Crippen LogP contribution in [0.3, 0.4) is 0 Å². The second-order valence-electron chi connectivity index (χ2n) is 7.32. The van der Waals surface area contributed by atoms with Gasteiger partial charge in [0.25, 0.3) is 5.91 Å². The number of carbonyl (C=O) groups excluding carboxylic acids is 1. The average molecular weight is 427 g/mol. The summed E-state index contributed by atoms with van der Waals surface area (Å²) in [5.41, 5.74) is 3.42. The summed E-state index contributed by atoms with van der Waals surface area (Å²) in [5, 5.41) is 13.3. The van der Waals surface area contributed by atoms with E-state index in [0.717, 1.165) is 40.5 Å². The average Bonchev–Trinajstić information content (AvgIpc) is 3.38. The quantitative estimate of drug-likeness (QED) is 0.617. The van der Waals surface area contributed by atoms with Crippen LogP contribution in [-0.4, -0.2) is 27.5 Å². The molecule has 1 aliphatic rings. The van der Waals surface area contributed by atoms with E-state index < -0.39 is 0 Å². The van der Waals surface area contributed by atoms with E-state index >= 15 is 0 Å². The first-order chi connectivity index (χ1) is 14.1. The lowest BCUT2D eigenvalue weighted by Gasteiger charge is -2.24. The Bertz CT molecular complexity index is 988. The lowest BCUT2D eigenvalue weighted by Crippen LogP contribution is -2.23. The smallest absolute Gasteiger partial charge is 0.282 e. The van der Waals surface area contributed by atoms with E-state index in [-0.39, 0.29) is 11.9 Å². The van der Waals surface area contributed by atoms with E-state index in [4.69, 9.17) is 11.6 Å². The van der Waals surface area contributed by atoms with Gasteiger partial charge in [-0.1, -0.05) is 71.0 Å². The zero-order valence-corrected chi connectivity index (χ0v) is 17.8. The van der Waals surface area contributed by atoms with Crippen LogP contribution in [0.1, 0.15) is 50.4 Å². The highest BCUT2D eigenvalue weighted by molar-refractivity contribution is 7.13. The van der Waals surface area contributed by atoms with Crippen LogP contribution in [0.25, 0.3) is 0 Å². The molecule has 0 spiro atoms. The molecule has 150 valence electrons. The van der Waals surface area contributed by atoms with E-state index in [2.05, 4.69) is 26.5 Å². The maximum absolute atomic E-state index is 12.4. The molecule has 4 rings (SSSR count). The second kappa shape index (κ2) is 9.03. The first-order valence-electron chi connectivity index (χ1n) is 9.75. The fourth-order valence-corrected chi connectivity index (χ4v) is 4.70. The molecular weight excluding hydrogens is 404 g/mol. The third kappa shape index (κ3) is 4.83. The predicted molar refractivity (Wildman–Crippen MR) is 116 cm³/mol. The van der Waals surface area contributed by atoms with Crippen molar-refractivity contribution < 1.29 is 4.79 Å². The molecule has 1 aliphatic heterocycles. The molecule has 1 saturated heterocycles. The largest absolute Gasteiger partial charge is 0.346 e. The summed E-state index contributed by atoms with van der Waals surface area (Å²) in [6.45, 7) is 4.19. The molecular formula is C22H23ClN4OS. The van der Waals surface area contributed by atoms with Crippen molar-refractivity contribution in [3.8, 4) is 0 Å². The Morgan fingerprint density at radius 1 is 1.21 bits per heavy atom. The number of halogens is 1. The zero-order chi connectivity index (χ0) is 20.2. The van der Waals surface area contributed by atoms with Gasteiger partial charge in [0.1, 0.15) is 5.01 Å². The molecule has 3 aromatic rings. The van der Waals surface area contributed by atoms with Gasteiger partial charge in [0.05, 0.1) is 6.54 Å². The van der Waals surface area contributed by atoms with Crippen molar-refractivity contribution in [2.75, 3.05) is 6.54 Å². The lowest BCUT2D eigenvalue weighted by molar-refractivity contribution is 0.0950. The number of carbonyl (C=O) groups is 1. The summed E-state index contributed by atoms with van der Waals surface area (Å²) in [4.78, 5) is 14.8. The van der Waals surface area contributed by atoms with Crippen molar-refractivity contribution in [2.45, 2.75) is 38.9 Å². The Balaban J connectivity index is 1.38. The molecule has 1 N–H and O–H groups in total. The van der Waals surface area contributed by atoms with Gasteiger partial charge in [-0.2, -0.15) is 0 Å². The third-order valence-corrected chi connectivity index (χ3v) is 6.45. The number of hydrogen-bond donors (Lipinski definition) is 1. The molecule has 1 fully saturated rings. The monoisotopic (exact) mass is 426 g/mol. The number of likely N-dealkylation sites (tertiary alicyclic amines) is 1. The normalized spacial score (nSPS) is 16.8. The Kier molecular flexibility index (Phi) is 6.23. The Morgan fingerprint density at radius 2 is 2.00 bits per heavy atom. The first kappa shape index (κ1) is 20.0. The minimum absolute atomic E-state index is 0.182. The molecule has 1 unspecified atom stereocenters. The Hall–Kier alpha value is -2.28. The summed E-state index contributed by atoms with van der Waals surface area (Å²) in [5.74, 6) is -0.182. The SMILES string of the molecule is Cc1ccc(CNC(=O)c2nnc(CN3CCCC3c3ccccc3Cl)s2)cc1. The summed E-state index contributed by atoms with van der Waals surface area (Å²) >= 11 is 7.77. The van der Waals surface area contributed by atoms with Gasteiger partial charge in [-0.15, -0.1) is 10.2 Å². The maximum atomic E-state index is 12.4. The van der Waals surface area contributed by atoms with Crippen molar-refractivity contribution in [1.82, 2.24) is 20.4 Å². The molecule has 29 heavy (non-hydrogen) atoms. The molecule has 0 bridgehead atoms. The number of rotatable bonds is 6. The summed E-state index contributed by atoms with van der Waals surface area (Å²) < 4.78 is 0. The maximum Gasteiger partial charge on any atom is 0.282 e. The predicted octanol–water partition coefficient (Wildman–Crippen LogP) is 4.77. The van der Waals surface area contributed by atoms with Crippen molar-refractivity contribution >= 4 is 28.8 Å². The summed E-state index contributed by atoms with van der Waals surface area (Å²) in [6.07, 6.45) is 2.20. The molecule has 1 atom stereocenters. The molecule has 0 aliphatic carbocycles.